The van der Waals surface area contributed by atoms with Crippen molar-refractivity contribution in [1.82, 2.24) is 30.2 Å². The molecule has 3 aromatic heterocycles. The predicted octanol–water partition coefficient (Wildman–Crippen LogP) is 1.98. The molecule has 0 bridgehead atoms. The van der Waals surface area contributed by atoms with Crippen LogP contribution in [0.5, 0.6) is 0 Å². The van der Waals surface area contributed by atoms with E-state index in [0.29, 0.717) is 37.5 Å². The van der Waals surface area contributed by atoms with Crippen LogP contribution in [0.3, 0.4) is 0 Å². The highest BCUT2D eigenvalue weighted by Crippen LogP contribution is 2.26. The minimum Gasteiger partial charge on any atom is -0.368 e. The number of likely N-dealkylation sites (tertiary alicyclic amines) is 1. The Labute approximate surface area is 143 Å². The zero-order valence-corrected chi connectivity index (χ0v) is 14.2. The van der Waals surface area contributed by atoms with Gasteiger partial charge in [0, 0.05) is 31.2 Å². The molecule has 0 unspecified atom stereocenters. The van der Waals surface area contributed by atoms with Crippen LogP contribution in [0.4, 0.5) is 10.2 Å². The van der Waals surface area contributed by atoms with E-state index in [4.69, 9.17) is 4.52 Å². The highest BCUT2D eigenvalue weighted by molar-refractivity contribution is 5.85. The lowest BCUT2D eigenvalue weighted by Crippen LogP contribution is -2.35. The number of H-pyrrole nitrogens is 1. The van der Waals surface area contributed by atoms with Crippen molar-refractivity contribution in [3.8, 4) is 0 Å². The van der Waals surface area contributed by atoms with E-state index < -0.39 is 6.17 Å². The number of rotatable bonds is 5. The molecule has 2 atom stereocenters. The molecule has 8 nitrogen and oxygen atoms in total. The molecule has 1 aliphatic rings. The van der Waals surface area contributed by atoms with Gasteiger partial charge in [-0.25, -0.2) is 14.4 Å². The average Bonchev–Trinajstić information content (AvgIpc) is 3.28. The SMILES string of the molecule is Cc1noc(C)c1CN1C[C@@H](F)C[C@H]1CNc1ncnc2[nH]ncc12. The Kier molecular flexibility index (Phi) is 4.08. The summed E-state index contributed by atoms with van der Waals surface area (Å²) in [7, 11) is 0. The van der Waals surface area contributed by atoms with Crippen LogP contribution >= 0.6 is 0 Å². The second-order valence-corrected chi connectivity index (χ2v) is 6.45. The van der Waals surface area contributed by atoms with E-state index in [9.17, 15) is 4.39 Å². The fourth-order valence-corrected chi connectivity index (χ4v) is 3.38. The third-order valence-corrected chi connectivity index (χ3v) is 4.77. The lowest BCUT2D eigenvalue weighted by atomic mass is 10.1. The molecule has 3 aromatic rings. The van der Waals surface area contributed by atoms with Crippen molar-refractivity contribution in [2.45, 2.75) is 39.0 Å². The fraction of sp³-hybridized carbons (Fsp3) is 0.500. The van der Waals surface area contributed by atoms with Crippen LogP contribution in [-0.4, -0.2) is 55.5 Å². The molecule has 9 heteroatoms. The molecule has 132 valence electrons. The van der Waals surface area contributed by atoms with E-state index in [1.54, 1.807) is 6.20 Å². The van der Waals surface area contributed by atoms with Crippen molar-refractivity contribution in [3.63, 3.8) is 0 Å². The number of hydrogen-bond acceptors (Lipinski definition) is 7. The molecule has 0 aromatic carbocycles. The summed E-state index contributed by atoms with van der Waals surface area (Å²) in [6.45, 7) is 5.46. The van der Waals surface area contributed by atoms with Crippen molar-refractivity contribution in [1.29, 1.82) is 0 Å². The molecule has 0 amide bonds. The van der Waals surface area contributed by atoms with E-state index in [1.807, 2.05) is 13.8 Å². The first-order chi connectivity index (χ1) is 12.1. The molecule has 0 radical (unpaired) electrons. The third kappa shape index (κ3) is 3.07. The summed E-state index contributed by atoms with van der Waals surface area (Å²) in [5.41, 5.74) is 2.58. The van der Waals surface area contributed by atoms with Crippen LogP contribution in [0, 0.1) is 13.8 Å². The summed E-state index contributed by atoms with van der Waals surface area (Å²) in [4.78, 5) is 10.5. The summed E-state index contributed by atoms with van der Waals surface area (Å²) >= 11 is 0. The minimum absolute atomic E-state index is 0.0700. The largest absolute Gasteiger partial charge is 0.368 e. The van der Waals surface area contributed by atoms with Gasteiger partial charge >= 0.3 is 0 Å². The molecule has 0 saturated carbocycles. The van der Waals surface area contributed by atoms with Gasteiger partial charge in [0.15, 0.2) is 5.65 Å². The average molecular weight is 345 g/mol. The van der Waals surface area contributed by atoms with Crippen LogP contribution in [0.15, 0.2) is 17.0 Å². The number of aromatic nitrogens is 5. The second kappa shape index (κ2) is 6.40. The summed E-state index contributed by atoms with van der Waals surface area (Å²) in [6, 6.07) is 0.0700. The quantitative estimate of drug-likeness (QED) is 0.730. The van der Waals surface area contributed by atoms with E-state index in [2.05, 4.69) is 35.5 Å². The van der Waals surface area contributed by atoms with Crippen molar-refractivity contribution in [2.75, 3.05) is 18.4 Å². The highest BCUT2D eigenvalue weighted by Gasteiger charge is 2.33. The molecule has 1 saturated heterocycles. The number of nitrogens with zero attached hydrogens (tertiary/aromatic N) is 5. The Morgan fingerprint density at radius 3 is 3.08 bits per heavy atom. The topological polar surface area (TPSA) is 95.8 Å². The molecule has 4 rings (SSSR count). The van der Waals surface area contributed by atoms with E-state index >= 15 is 0 Å². The molecule has 0 aliphatic carbocycles. The number of fused-ring (bicyclic) bond motifs is 1. The molecular formula is C16H20FN7O. The summed E-state index contributed by atoms with van der Waals surface area (Å²) in [6.07, 6.45) is 2.84. The first kappa shape index (κ1) is 15.9. The van der Waals surface area contributed by atoms with Crippen molar-refractivity contribution in [3.05, 3.63) is 29.5 Å². The number of hydrogen-bond donors (Lipinski definition) is 2. The van der Waals surface area contributed by atoms with E-state index in [1.165, 1.54) is 6.33 Å². The van der Waals surface area contributed by atoms with Gasteiger partial charge in [0.25, 0.3) is 0 Å². The number of halogens is 1. The molecule has 1 fully saturated rings. The van der Waals surface area contributed by atoms with E-state index in [-0.39, 0.29) is 6.04 Å². The van der Waals surface area contributed by atoms with Crippen molar-refractivity contribution < 1.29 is 8.91 Å². The van der Waals surface area contributed by atoms with Crippen LogP contribution < -0.4 is 5.32 Å². The Balaban J connectivity index is 1.48. The molecule has 25 heavy (non-hydrogen) atoms. The lowest BCUT2D eigenvalue weighted by molar-refractivity contribution is 0.239. The van der Waals surface area contributed by atoms with Gasteiger partial charge in [-0.15, -0.1) is 0 Å². The summed E-state index contributed by atoms with van der Waals surface area (Å²) in [5, 5.41) is 14.9. The number of aromatic amines is 1. The zero-order chi connectivity index (χ0) is 17.4. The van der Waals surface area contributed by atoms with Crippen LogP contribution in [0.1, 0.15) is 23.4 Å². The monoisotopic (exact) mass is 345 g/mol. The standard InChI is InChI=1S/C16H20FN7O/c1-9-14(10(2)25-23-9)7-24-6-11(17)3-12(24)4-18-15-13-5-21-22-16(13)20-8-19-15/h5,8,11-12H,3-4,6-7H2,1-2H3,(H2,18,19,20,21,22)/t11-,12-/m0/s1. The Morgan fingerprint density at radius 2 is 2.28 bits per heavy atom. The Bertz CT molecular complexity index is 857. The van der Waals surface area contributed by atoms with E-state index in [0.717, 1.165) is 22.4 Å². The molecule has 4 heterocycles. The highest BCUT2D eigenvalue weighted by atomic mass is 19.1. The first-order valence-electron chi connectivity index (χ1n) is 8.29. The Hall–Kier alpha value is -2.55. The van der Waals surface area contributed by atoms with Gasteiger partial charge in [0.1, 0.15) is 24.1 Å². The van der Waals surface area contributed by atoms with Crippen LogP contribution in [0.25, 0.3) is 11.0 Å². The van der Waals surface area contributed by atoms with Gasteiger partial charge in [-0.05, 0) is 20.3 Å². The first-order valence-corrected chi connectivity index (χ1v) is 8.29. The summed E-state index contributed by atoms with van der Waals surface area (Å²) < 4.78 is 19.3. The molecule has 2 N–H and O–H groups in total. The number of anilines is 1. The second-order valence-electron chi connectivity index (χ2n) is 6.45. The third-order valence-electron chi connectivity index (χ3n) is 4.77. The maximum Gasteiger partial charge on any atom is 0.160 e. The van der Waals surface area contributed by atoms with Gasteiger partial charge in [-0.2, -0.15) is 5.10 Å². The Morgan fingerprint density at radius 1 is 1.40 bits per heavy atom. The van der Waals surface area contributed by atoms with Gasteiger partial charge in [0.05, 0.1) is 17.3 Å². The minimum atomic E-state index is -0.827. The lowest BCUT2D eigenvalue weighted by Gasteiger charge is -2.24. The smallest absolute Gasteiger partial charge is 0.160 e. The number of aryl methyl sites for hydroxylation is 2. The molecule has 0 spiro atoms. The number of alkyl halides is 1. The van der Waals surface area contributed by atoms with Crippen LogP contribution in [0.2, 0.25) is 0 Å². The van der Waals surface area contributed by atoms with Gasteiger partial charge < -0.3 is 9.84 Å². The number of nitrogens with one attached hydrogen (secondary N) is 2. The maximum absolute atomic E-state index is 14.0. The van der Waals surface area contributed by atoms with Gasteiger partial charge in [0.2, 0.25) is 0 Å². The maximum atomic E-state index is 14.0. The molecular weight excluding hydrogens is 325 g/mol. The fourth-order valence-electron chi connectivity index (χ4n) is 3.38. The van der Waals surface area contributed by atoms with Gasteiger partial charge in [-0.3, -0.25) is 10.00 Å². The van der Waals surface area contributed by atoms with Crippen LogP contribution in [-0.2, 0) is 6.54 Å². The zero-order valence-electron chi connectivity index (χ0n) is 14.2. The van der Waals surface area contributed by atoms with Crippen molar-refractivity contribution >= 4 is 16.9 Å². The normalized spacial score (nSPS) is 21.2. The summed E-state index contributed by atoms with van der Waals surface area (Å²) in [5.74, 6) is 1.50. The van der Waals surface area contributed by atoms with Crippen molar-refractivity contribution in [2.24, 2.45) is 0 Å². The van der Waals surface area contributed by atoms with Gasteiger partial charge in [-0.1, -0.05) is 5.16 Å². The molecule has 1 aliphatic heterocycles. The predicted molar refractivity (Wildman–Crippen MR) is 89.9 cm³/mol.